The first-order valence-electron chi connectivity index (χ1n) is 8.20. The Morgan fingerprint density at radius 3 is 2.27 bits per heavy atom. The highest BCUT2D eigenvalue weighted by Crippen LogP contribution is 2.54. The zero-order valence-electron chi connectivity index (χ0n) is 13.6. The third-order valence-electron chi connectivity index (χ3n) is 5.00. The SMILES string of the molecule is CC(C)(C)c1ccc([C@H]2C[C@H]2c2ccc3cc[nH]c3c2)cc1. The summed E-state index contributed by atoms with van der Waals surface area (Å²) in [5, 5.41) is 1.30. The third kappa shape index (κ3) is 2.35. The lowest BCUT2D eigenvalue weighted by Gasteiger charge is -2.19. The number of benzene rings is 2. The third-order valence-corrected chi connectivity index (χ3v) is 5.00. The molecule has 0 spiro atoms. The first-order chi connectivity index (χ1) is 10.5. The van der Waals surface area contributed by atoms with Gasteiger partial charge in [0.2, 0.25) is 0 Å². The highest BCUT2D eigenvalue weighted by atomic mass is 14.7. The molecule has 1 aromatic heterocycles. The fraction of sp³-hybridized carbons (Fsp3) is 0.333. The number of rotatable bonds is 2. The van der Waals surface area contributed by atoms with Gasteiger partial charge in [0.25, 0.3) is 0 Å². The van der Waals surface area contributed by atoms with E-state index in [2.05, 4.69) is 74.3 Å². The van der Waals surface area contributed by atoms with Gasteiger partial charge in [-0.25, -0.2) is 0 Å². The molecular weight excluding hydrogens is 266 g/mol. The van der Waals surface area contributed by atoms with Gasteiger partial charge in [0, 0.05) is 11.7 Å². The number of hydrogen-bond acceptors (Lipinski definition) is 0. The van der Waals surface area contributed by atoms with Gasteiger partial charge >= 0.3 is 0 Å². The van der Waals surface area contributed by atoms with E-state index in [1.165, 1.54) is 34.0 Å². The summed E-state index contributed by atoms with van der Waals surface area (Å²) >= 11 is 0. The Balaban J connectivity index is 1.56. The molecule has 1 saturated carbocycles. The highest BCUT2D eigenvalue weighted by molar-refractivity contribution is 5.80. The van der Waals surface area contributed by atoms with Crippen molar-refractivity contribution in [3.8, 4) is 0 Å². The standard InChI is InChI=1S/C21H23N/c1-21(2,3)17-8-6-14(7-9-17)18-13-19(18)16-5-4-15-10-11-22-20(15)12-16/h4-12,18-19,22H,13H2,1-3H3/t18-,19+/m1/s1. The van der Waals surface area contributed by atoms with Gasteiger partial charge in [-0.05, 0) is 57.9 Å². The van der Waals surface area contributed by atoms with E-state index in [0.29, 0.717) is 11.8 Å². The summed E-state index contributed by atoms with van der Waals surface area (Å²) < 4.78 is 0. The molecule has 0 amide bonds. The molecule has 0 saturated heterocycles. The van der Waals surface area contributed by atoms with Crippen LogP contribution in [0.3, 0.4) is 0 Å². The summed E-state index contributed by atoms with van der Waals surface area (Å²) in [7, 11) is 0. The minimum Gasteiger partial charge on any atom is -0.361 e. The van der Waals surface area contributed by atoms with Gasteiger partial charge < -0.3 is 4.98 Å². The molecule has 4 rings (SSSR count). The zero-order valence-corrected chi connectivity index (χ0v) is 13.6. The summed E-state index contributed by atoms with van der Waals surface area (Å²) in [5.41, 5.74) is 5.87. The fourth-order valence-electron chi connectivity index (χ4n) is 3.46. The molecule has 2 atom stereocenters. The Bertz CT molecular complexity index is 802. The Morgan fingerprint density at radius 2 is 1.55 bits per heavy atom. The molecule has 2 aromatic carbocycles. The molecule has 22 heavy (non-hydrogen) atoms. The summed E-state index contributed by atoms with van der Waals surface area (Å²) in [6.07, 6.45) is 3.30. The van der Waals surface area contributed by atoms with Crippen molar-refractivity contribution >= 4 is 10.9 Å². The van der Waals surface area contributed by atoms with Gasteiger partial charge in [0.1, 0.15) is 0 Å². The lowest BCUT2D eigenvalue weighted by molar-refractivity contribution is 0.590. The monoisotopic (exact) mass is 289 g/mol. The highest BCUT2D eigenvalue weighted by Gasteiger charge is 2.39. The van der Waals surface area contributed by atoms with Crippen LogP contribution in [-0.2, 0) is 5.41 Å². The first kappa shape index (κ1) is 13.6. The largest absolute Gasteiger partial charge is 0.361 e. The van der Waals surface area contributed by atoms with E-state index in [1.54, 1.807) is 0 Å². The van der Waals surface area contributed by atoms with Gasteiger partial charge in [-0.3, -0.25) is 0 Å². The molecule has 112 valence electrons. The van der Waals surface area contributed by atoms with Crippen molar-refractivity contribution in [1.29, 1.82) is 0 Å². The van der Waals surface area contributed by atoms with Crippen molar-refractivity contribution in [2.24, 2.45) is 0 Å². The van der Waals surface area contributed by atoms with Crippen LogP contribution in [0.15, 0.2) is 54.7 Å². The van der Waals surface area contributed by atoms with Crippen LogP contribution in [0.1, 0.15) is 55.7 Å². The van der Waals surface area contributed by atoms with Gasteiger partial charge in [0.15, 0.2) is 0 Å². The van der Waals surface area contributed by atoms with Crippen molar-refractivity contribution in [3.05, 3.63) is 71.4 Å². The van der Waals surface area contributed by atoms with E-state index in [0.717, 1.165) is 0 Å². The summed E-state index contributed by atoms with van der Waals surface area (Å²) in [6, 6.07) is 18.3. The maximum atomic E-state index is 3.32. The van der Waals surface area contributed by atoms with Gasteiger partial charge in [-0.2, -0.15) is 0 Å². The number of hydrogen-bond donors (Lipinski definition) is 1. The predicted octanol–water partition coefficient (Wildman–Crippen LogP) is 5.74. The normalized spacial score (nSPS) is 21.2. The molecule has 1 fully saturated rings. The van der Waals surface area contributed by atoms with Gasteiger partial charge in [-0.15, -0.1) is 0 Å². The number of nitrogens with one attached hydrogen (secondary N) is 1. The number of fused-ring (bicyclic) bond motifs is 1. The predicted molar refractivity (Wildman–Crippen MR) is 93.5 cm³/mol. The quantitative estimate of drug-likeness (QED) is 0.619. The molecular formula is C21H23N. The van der Waals surface area contributed by atoms with Crippen LogP contribution >= 0.6 is 0 Å². The maximum Gasteiger partial charge on any atom is 0.0456 e. The number of aromatic amines is 1. The van der Waals surface area contributed by atoms with E-state index in [1.807, 2.05) is 6.20 Å². The smallest absolute Gasteiger partial charge is 0.0456 e. The second kappa shape index (κ2) is 4.74. The van der Waals surface area contributed by atoms with Crippen LogP contribution in [0.25, 0.3) is 10.9 Å². The van der Waals surface area contributed by atoms with Crippen molar-refractivity contribution in [2.45, 2.75) is 44.4 Å². The Kier molecular flexibility index (Phi) is 2.94. The molecule has 1 nitrogen and oxygen atoms in total. The minimum absolute atomic E-state index is 0.236. The van der Waals surface area contributed by atoms with Crippen LogP contribution in [0.2, 0.25) is 0 Å². The fourth-order valence-corrected chi connectivity index (χ4v) is 3.46. The molecule has 0 aliphatic heterocycles. The van der Waals surface area contributed by atoms with E-state index >= 15 is 0 Å². The second-order valence-electron chi connectivity index (χ2n) is 7.65. The first-order valence-corrected chi connectivity index (χ1v) is 8.20. The average molecular weight is 289 g/mol. The second-order valence-corrected chi connectivity index (χ2v) is 7.65. The average Bonchev–Trinajstić information content (AvgIpc) is 3.16. The molecule has 1 aliphatic carbocycles. The van der Waals surface area contributed by atoms with Crippen molar-refractivity contribution in [2.75, 3.05) is 0 Å². The van der Waals surface area contributed by atoms with Crippen LogP contribution in [-0.4, -0.2) is 4.98 Å². The van der Waals surface area contributed by atoms with Crippen LogP contribution in [0, 0.1) is 0 Å². The molecule has 0 radical (unpaired) electrons. The Morgan fingerprint density at radius 1 is 0.864 bits per heavy atom. The van der Waals surface area contributed by atoms with Gasteiger partial charge in [-0.1, -0.05) is 57.2 Å². The molecule has 1 heterocycles. The van der Waals surface area contributed by atoms with Crippen molar-refractivity contribution in [3.63, 3.8) is 0 Å². The Labute approximate surface area is 132 Å². The molecule has 0 unspecified atom stereocenters. The molecule has 1 N–H and O–H groups in total. The lowest BCUT2D eigenvalue weighted by atomic mass is 9.86. The van der Waals surface area contributed by atoms with Crippen LogP contribution < -0.4 is 0 Å². The zero-order chi connectivity index (χ0) is 15.3. The number of H-pyrrole nitrogens is 1. The molecule has 0 bridgehead atoms. The molecule has 1 heteroatoms. The van der Waals surface area contributed by atoms with Crippen LogP contribution in [0.5, 0.6) is 0 Å². The van der Waals surface area contributed by atoms with Crippen molar-refractivity contribution in [1.82, 2.24) is 4.98 Å². The summed E-state index contributed by atoms with van der Waals surface area (Å²) in [4.78, 5) is 3.32. The molecule has 3 aromatic rings. The summed E-state index contributed by atoms with van der Waals surface area (Å²) in [6.45, 7) is 6.81. The van der Waals surface area contributed by atoms with Gasteiger partial charge in [0.05, 0.1) is 0 Å². The topological polar surface area (TPSA) is 15.8 Å². The van der Waals surface area contributed by atoms with Crippen LogP contribution in [0.4, 0.5) is 0 Å². The Hall–Kier alpha value is -2.02. The minimum atomic E-state index is 0.236. The lowest BCUT2D eigenvalue weighted by Crippen LogP contribution is -2.10. The molecule has 1 aliphatic rings. The van der Waals surface area contributed by atoms with E-state index in [9.17, 15) is 0 Å². The number of aromatic nitrogens is 1. The van der Waals surface area contributed by atoms with Crippen molar-refractivity contribution < 1.29 is 0 Å². The maximum absolute atomic E-state index is 3.32. The van der Waals surface area contributed by atoms with E-state index in [-0.39, 0.29) is 5.41 Å². The van der Waals surface area contributed by atoms with E-state index < -0.39 is 0 Å². The summed E-state index contributed by atoms with van der Waals surface area (Å²) in [5.74, 6) is 1.38. The van der Waals surface area contributed by atoms with E-state index in [4.69, 9.17) is 0 Å².